The van der Waals surface area contributed by atoms with Gasteiger partial charge in [0, 0.05) is 16.9 Å². The molecule has 4 aromatic rings. The molecule has 1 aromatic heterocycles. The van der Waals surface area contributed by atoms with Crippen LogP contribution in [-0.2, 0) is 4.79 Å². The van der Waals surface area contributed by atoms with Crippen LogP contribution in [-0.4, -0.2) is 28.0 Å². The Bertz CT molecular complexity index is 1340. The van der Waals surface area contributed by atoms with E-state index in [4.69, 9.17) is 11.6 Å². The van der Waals surface area contributed by atoms with Crippen molar-refractivity contribution in [2.75, 3.05) is 10.6 Å². The van der Waals surface area contributed by atoms with E-state index in [-0.39, 0.29) is 18.2 Å². The van der Waals surface area contributed by atoms with E-state index in [1.165, 1.54) is 0 Å². The van der Waals surface area contributed by atoms with E-state index in [0.29, 0.717) is 27.8 Å². The Labute approximate surface area is 187 Å². The van der Waals surface area contributed by atoms with Gasteiger partial charge in [0.25, 0.3) is 5.91 Å². The SMILES string of the molecule is O=C(Nc1ccc(-c2nc3ccc(NC(=O)[C@@H]4C[C@H]4F)cc3[nH]2)cc1)c1ccccc1Cl. The van der Waals surface area contributed by atoms with E-state index in [0.717, 1.165) is 16.6 Å². The Morgan fingerprint density at radius 3 is 2.44 bits per heavy atom. The van der Waals surface area contributed by atoms with Crippen LogP contribution in [0.5, 0.6) is 0 Å². The standard InChI is InChI=1S/C24H18ClFN4O2/c25-18-4-2-1-3-16(18)23(31)27-14-7-5-13(6-8-14)22-29-20-10-9-15(11-21(20)30-22)28-24(32)17-12-19(17)26/h1-11,17,19H,12H2,(H,27,31)(H,28,32)(H,29,30)/t17-,19-/m1/s1. The van der Waals surface area contributed by atoms with Gasteiger partial charge in [-0.2, -0.15) is 0 Å². The number of anilines is 2. The molecule has 3 aromatic carbocycles. The van der Waals surface area contributed by atoms with Gasteiger partial charge in [0.1, 0.15) is 12.0 Å². The fourth-order valence-electron chi connectivity index (χ4n) is 3.45. The molecule has 160 valence electrons. The zero-order valence-electron chi connectivity index (χ0n) is 16.7. The van der Waals surface area contributed by atoms with Gasteiger partial charge >= 0.3 is 0 Å². The Kier molecular flexibility index (Phi) is 5.11. The largest absolute Gasteiger partial charge is 0.338 e. The summed E-state index contributed by atoms with van der Waals surface area (Å²) in [4.78, 5) is 32.2. The highest BCUT2D eigenvalue weighted by Gasteiger charge is 2.43. The number of amides is 2. The number of aromatic nitrogens is 2. The minimum atomic E-state index is -1.03. The molecule has 8 heteroatoms. The third-order valence-electron chi connectivity index (χ3n) is 5.33. The fraction of sp³-hybridized carbons (Fsp3) is 0.125. The average Bonchev–Trinajstić information content (AvgIpc) is 3.37. The first-order valence-corrected chi connectivity index (χ1v) is 10.5. The number of nitrogens with one attached hydrogen (secondary N) is 3. The van der Waals surface area contributed by atoms with Crippen molar-refractivity contribution in [1.82, 2.24) is 9.97 Å². The van der Waals surface area contributed by atoms with Crippen molar-refractivity contribution in [3.05, 3.63) is 77.3 Å². The smallest absolute Gasteiger partial charge is 0.257 e. The van der Waals surface area contributed by atoms with E-state index < -0.39 is 12.1 Å². The van der Waals surface area contributed by atoms with Crippen LogP contribution in [0.25, 0.3) is 22.4 Å². The number of fused-ring (bicyclic) bond motifs is 1. The number of nitrogens with zero attached hydrogens (tertiary/aromatic N) is 1. The second-order valence-electron chi connectivity index (χ2n) is 7.68. The molecule has 0 aliphatic heterocycles. The molecule has 1 aliphatic carbocycles. The van der Waals surface area contributed by atoms with Crippen LogP contribution in [0.1, 0.15) is 16.8 Å². The zero-order valence-corrected chi connectivity index (χ0v) is 17.5. The molecule has 1 aliphatic rings. The molecular weight excluding hydrogens is 431 g/mol. The maximum absolute atomic E-state index is 13.1. The molecular formula is C24H18ClFN4O2. The number of imidazole rings is 1. The summed E-state index contributed by atoms with van der Waals surface area (Å²) in [6, 6.07) is 19.4. The van der Waals surface area contributed by atoms with Crippen LogP contribution in [0, 0.1) is 5.92 Å². The molecule has 1 heterocycles. The summed E-state index contributed by atoms with van der Waals surface area (Å²) < 4.78 is 13.1. The number of aromatic amines is 1. The summed E-state index contributed by atoms with van der Waals surface area (Å²) in [6.07, 6.45) is -0.744. The predicted octanol–water partition coefficient (Wildman–Crippen LogP) is 5.43. The summed E-state index contributed by atoms with van der Waals surface area (Å²) in [5.41, 5.74) is 3.95. The highest BCUT2D eigenvalue weighted by atomic mass is 35.5. The summed E-state index contributed by atoms with van der Waals surface area (Å²) >= 11 is 6.08. The molecule has 2 amide bonds. The van der Waals surface area contributed by atoms with Crippen molar-refractivity contribution in [1.29, 1.82) is 0 Å². The monoisotopic (exact) mass is 448 g/mol. The van der Waals surface area contributed by atoms with Gasteiger partial charge in [-0.15, -0.1) is 0 Å². The van der Waals surface area contributed by atoms with Crippen molar-refractivity contribution in [2.45, 2.75) is 12.6 Å². The molecule has 6 nitrogen and oxygen atoms in total. The first-order chi connectivity index (χ1) is 15.5. The van der Waals surface area contributed by atoms with Gasteiger partial charge in [0.2, 0.25) is 5.91 Å². The third-order valence-corrected chi connectivity index (χ3v) is 5.66. The average molecular weight is 449 g/mol. The minimum absolute atomic E-state index is 0.285. The van der Waals surface area contributed by atoms with Gasteiger partial charge in [0.05, 0.1) is 27.5 Å². The van der Waals surface area contributed by atoms with Crippen LogP contribution in [0.15, 0.2) is 66.7 Å². The molecule has 32 heavy (non-hydrogen) atoms. The lowest BCUT2D eigenvalue weighted by Gasteiger charge is -2.07. The number of hydrogen-bond donors (Lipinski definition) is 3. The lowest BCUT2D eigenvalue weighted by atomic mass is 10.1. The number of carbonyl (C=O) groups is 2. The molecule has 3 N–H and O–H groups in total. The Balaban J connectivity index is 1.31. The number of H-pyrrole nitrogens is 1. The number of rotatable bonds is 5. The van der Waals surface area contributed by atoms with Crippen LogP contribution in [0.4, 0.5) is 15.8 Å². The molecule has 0 spiro atoms. The van der Waals surface area contributed by atoms with Crippen molar-refractivity contribution in [3.8, 4) is 11.4 Å². The molecule has 1 saturated carbocycles. The highest BCUT2D eigenvalue weighted by Crippen LogP contribution is 2.35. The van der Waals surface area contributed by atoms with Crippen molar-refractivity contribution in [3.63, 3.8) is 0 Å². The Morgan fingerprint density at radius 1 is 1.00 bits per heavy atom. The number of alkyl halides is 1. The number of benzene rings is 3. The fourth-order valence-corrected chi connectivity index (χ4v) is 3.67. The molecule has 5 rings (SSSR count). The topological polar surface area (TPSA) is 86.9 Å². The number of halogens is 2. The molecule has 2 atom stereocenters. The van der Waals surface area contributed by atoms with E-state index >= 15 is 0 Å². The van der Waals surface area contributed by atoms with Crippen molar-refractivity contribution >= 4 is 45.8 Å². The van der Waals surface area contributed by atoms with Crippen LogP contribution in [0.3, 0.4) is 0 Å². The van der Waals surface area contributed by atoms with Gasteiger partial charge in [-0.25, -0.2) is 9.37 Å². The maximum Gasteiger partial charge on any atom is 0.257 e. The summed E-state index contributed by atoms with van der Waals surface area (Å²) in [5, 5.41) is 5.96. The van der Waals surface area contributed by atoms with Crippen LogP contribution in [0.2, 0.25) is 5.02 Å². The third kappa shape index (κ3) is 4.07. The molecule has 0 unspecified atom stereocenters. The summed E-state index contributed by atoms with van der Waals surface area (Å²) in [7, 11) is 0. The lowest BCUT2D eigenvalue weighted by molar-refractivity contribution is -0.117. The first kappa shape index (κ1) is 20.2. The first-order valence-electron chi connectivity index (χ1n) is 10.1. The van der Waals surface area contributed by atoms with E-state index in [9.17, 15) is 14.0 Å². The van der Waals surface area contributed by atoms with E-state index in [1.807, 2.05) is 12.1 Å². The molecule has 0 bridgehead atoms. The summed E-state index contributed by atoms with van der Waals surface area (Å²) in [6.45, 7) is 0. The predicted molar refractivity (Wildman–Crippen MR) is 123 cm³/mol. The molecule has 0 radical (unpaired) electrons. The van der Waals surface area contributed by atoms with Crippen LogP contribution < -0.4 is 10.6 Å². The van der Waals surface area contributed by atoms with E-state index in [2.05, 4.69) is 20.6 Å². The number of carbonyl (C=O) groups excluding carboxylic acids is 2. The minimum Gasteiger partial charge on any atom is -0.338 e. The van der Waals surface area contributed by atoms with Crippen LogP contribution >= 0.6 is 11.6 Å². The van der Waals surface area contributed by atoms with Gasteiger partial charge < -0.3 is 15.6 Å². The maximum atomic E-state index is 13.1. The van der Waals surface area contributed by atoms with Crippen molar-refractivity contribution < 1.29 is 14.0 Å². The molecule has 0 saturated heterocycles. The molecule has 1 fully saturated rings. The normalized spacial score (nSPS) is 17.2. The van der Waals surface area contributed by atoms with Gasteiger partial charge in [-0.05, 0) is 61.0 Å². The number of hydrogen-bond acceptors (Lipinski definition) is 3. The summed E-state index contributed by atoms with van der Waals surface area (Å²) in [5.74, 6) is -0.476. The Hall–Kier alpha value is -3.71. The van der Waals surface area contributed by atoms with E-state index in [1.54, 1.807) is 54.6 Å². The van der Waals surface area contributed by atoms with Gasteiger partial charge in [-0.3, -0.25) is 9.59 Å². The second kappa shape index (κ2) is 8.09. The van der Waals surface area contributed by atoms with Gasteiger partial charge in [0.15, 0.2) is 0 Å². The highest BCUT2D eigenvalue weighted by molar-refractivity contribution is 6.34. The Morgan fingerprint density at radius 2 is 1.72 bits per heavy atom. The quantitative estimate of drug-likeness (QED) is 0.380. The second-order valence-corrected chi connectivity index (χ2v) is 8.08. The van der Waals surface area contributed by atoms with Gasteiger partial charge in [-0.1, -0.05) is 23.7 Å². The van der Waals surface area contributed by atoms with Crippen molar-refractivity contribution in [2.24, 2.45) is 5.92 Å². The lowest BCUT2D eigenvalue weighted by Crippen LogP contribution is -2.14. The zero-order chi connectivity index (χ0) is 22.2.